The van der Waals surface area contributed by atoms with Gasteiger partial charge in [0.2, 0.25) is 0 Å². The number of pyridine rings is 1. The molecule has 1 aromatic heterocycles. The number of nitrogens with zero attached hydrogens (tertiary/aromatic N) is 2. The predicted octanol–water partition coefficient (Wildman–Crippen LogP) is 2.56. The van der Waals surface area contributed by atoms with E-state index in [0.29, 0.717) is 11.3 Å². The Bertz CT molecular complexity index is 728. The molecule has 1 aromatic carbocycles. The molecular formula is C14H13N3O4. The summed E-state index contributed by atoms with van der Waals surface area (Å²) in [5, 5.41) is 22.8. The number of carbonyl (C=O) groups is 1. The molecule has 0 unspecified atom stereocenters. The third-order valence-electron chi connectivity index (χ3n) is 2.91. The van der Waals surface area contributed by atoms with Gasteiger partial charge in [0.15, 0.2) is 0 Å². The molecule has 21 heavy (non-hydrogen) atoms. The predicted molar refractivity (Wildman–Crippen MR) is 76.4 cm³/mol. The van der Waals surface area contributed by atoms with Crippen molar-refractivity contribution in [3.05, 3.63) is 57.4 Å². The molecule has 0 fully saturated rings. The van der Waals surface area contributed by atoms with Crippen LogP contribution in [0.1, 0.15) is 21.7 Å². The highest BCUT2D eigenvalue weighted by molar-refractivity contribution is 6.05. The molecule has 2 rings (SSSR count). The summed E-state index contributed by atoms with van der Waals surface area (Å²) in [6.45, 7) is 3.52. The highest BCUT2D eigenvalue weighted by Gasteiger charge is 2.15. The van der Waals surface area contributed by atoms with Gasteiger partial charge in [0, 0.05) is 11.8 Å². The van der Waals surface area contributed by atoms with Crippen molar-refractivity contribution in [2.24, 2.45) is 0 Å². The first-order valence-corrected chi connectivity index (χ1v) is 6.11. The number of aromatic nitrogens is 1. The lowest BCUT2D eigenvalue weighted by molar-refractivity contribution is -0.384. The van der Waals surface area contributed by atoms with Gasteiger partial charge in [0.25, 0.3) is 11.6 Å². The van der Waals surface area contributed by atoms with Crippen molar-refractivity contribution in [2.45, 2.75) is 13.8 Å². The third-order valence-corrected chi connectivity index (χ3v) is 2.91. The van der Waals surface area contributed by atoms with Crippen LogP contribution in [0.2, 0.25) is 0 Å². The van der Waals surface area contributed by atoms with E-state index in [1.54, 1.807) is 19.1 Å². The van der Waals surface area contributed by atoms with E-state index < -0.39 is 10.8 Å². The summed E-state index contributed by atoms with van der Waals surface area (Å²) in [6.07, 6.45) is 0. The molecule has 0 saturated heterocycles. The number of phenols is 1. The van der Waals surface area contributed by atoms with Crippen LogP contribution in [0.15, 0.2) is 30.3 Å². The van der Waals surface area contributed by atoms with Gasteiger partial charge >= 0.3 is 0 Å². The van der Waals surface area contributed by atoms with Crippen LogP contribution in [0.5, 0.6) is 5.75 Å². The Morgan fingerprint density at radius 1 is 1.29 bits per heavy atom. The number of aromatic hydroxyl groups is 1. The van der Waals surface area contributed by atoms with Crippen LogP contribution in [0.25, 0.3) is 0 Å². The van der Waals surface area contributed by atoms with Crippen LogP contribution in [0.4, 0.5) is 11.4 Å². The van der Waals surface area contributed by atoms with Crippen LogP contribution in [0.3, 0.4) is 0 Å². The molecule has 0 bridgehead atoms. The molecule has 0 atom stereocenters. The molecule has 7 nitrogen and oxygen atoms in total. The maximum atomic E-state index is 12.1. The number of amides is 1. The number of hydrogen-bond donors (Lipinski definition) is 2. The van der Waals surface area contributed by atoms with Crippen LogP contribution >= 0.6 is 0 Å². The summed E-state index contributed by atoms with van der Waals surface area (Å²) in [6, 6.07) is 6.81. The van der Waals surface area contributed by atoms with Crippen molar-refractivity contribution in [3.8, 4) is 5.75 Å². The molecule has 0 aliphatic heterocycles. The molecule has 0 aliphatic carbocycles. The van der Waals surface area contributed by atoms with Crippen molar-refractivity contribution < 1.29 is 14.8 Å². The molecule has 108 valence electrons. The Kier molecular flexibility index (Phi) is 3.84. The van der Waals surface area contributed by atoms with Crippen molar-refractivity contribution in [1.29, 1.82) is 0 Å². The van der Waals surface area contributed by atoms with Gasteiger partial charge in [0.1, 0.15) is 5.75 Å². The quantitative estimate of drug-likeness (QED) is 0.512. The van der Waals surface area contributed by atoms with Gasteiger partial charge in [-0.25, -0.2) is 0 Å². The number of benzene rings is 1. The summed E-state index contributed by atoms with van der Waals surface area (Å²) in [5.74, 6) is -0.806. The number of aryl methyl sites for hydroxylation is 2. The average Bonchev–Trinajstić information content (AvgIpc) is 2.40. The first kappa shape index (κ1) is 14.4. The van der Waals surface area contributed by atoms with Crippen molar-refractivity contribution in [2.75, 3.05) is 5.32 Å². The number of rotatable bonds is 3. The monoisotopic (exact) mass is 287 g/mol. The molecule has 0 radical (unpaired) electrons. The van der Waals surface area contributed by atoms with Gasteiger partial charge in [-0.2, -0.15) is 0 Å². The Balaban J connectivity index is 2.25. The highest BCUT2D eigenvalue weighted by Crippen LogP contribution is 2.28. The van der Waals surface area contributed by atoms with E-state index in [0.717, 1.165) is 11.8 Å². The molecule has 0 aliphatic rings. The number of anilines is 1. The van der Waals surface area contributed by atoms with E-state index in [9.17, 15) is 20.0 Å². The zero-order valence-electron chi connectivity index (χ0n) is 11.5. The molecule has 2 aromatic rings. The second-order valence-electron chi connectivity index (χ2n) is 4.50. The second kappa shape index (κ2) is 5.58. The highest BCUT2D eigenvalue weighted by atomic mass is 16.6. The number of phenolic OH excluding ortho intramolecular Hbond substituents is 1. The zero-order valence-corrected chi connectivity index (χ0v) is 11.5. The van der Waals surface area contributed by atoms with Crippen LogP contribution in [0, 0.1) is 24.0 Å². The van der Waals surface area contributed by atoms with Crippen LogP contribution in [-0.4, -0.2) is 20.9 Å². The van der Waals surface area contributed by atoms with E-state index in [1.165, 1.54) is 12.1 Å². The molecular weight excluding hydrogens is 274 g/mol. The van der Waals surface area contributed by atoms with Gasteiger partial charge in [-0.3, -0.25) is 19.9 Å². The minimum atomic E-state index is -0.626. The molecule has 7 heteroatoms. The lowest BCUT2D eigenvalue weighted by Gasteiger charge is -2.09. The molecule has 2 N–H and O–H groups in total. The number of nitrogens with one attached hydrogen (secondary N) is 1. The SMILES string of the molecule is Cc1ccc(C(=O)Nc2ccc([N+](=O)[O-])cc2O)c(C)n1. The fraction of sp³-hybridized carbons (Fsp3) is 0.143. The zero-order chi connectivity index (χ0) is 15.6. The Morgan fingerprint density at radius 3 is 2.57 bits per heavy atom. The normalized spacial score (nSPS) is 10.2. The van der Waals surface area contributed by atoms with E-state index >= 15 is 0 Å². The van der Waals surface area contributed by atoms with Crippen molar-refractivity contribution in [3.63, 3.8) is 0 Å². The number of carbonyl (C=O) groups excluding carboxylic acids is 1. The summed E-state index contributed by atoms with van der Waals surface area (Å²) in [7, 11) is 0. The first-order valence-electron chi connectivity index (χ1n) is 6.11. The van der Waals surface area contributed by atoms with Gasteiger partial charge in [-0.15, -0.1) is 0 Å². The van der Waals surface area contributed by atoms with E-state index in [4.69, 9.17) is 0 Å². The second-order valence-corrected chi connectivity index (χ2v) is 4.50. The van der Waals surface area contributed by atoms with Crippen LogP contribution in [-0.2, 0) is 0 Å². The Labute approximate surface area is 120 Å². The minimum Gasteiger partial charge on any atom is -0.506 e. The Morgan fingerprint density at radius 2 is 2.00 bits per heavy atom. The van der Waals surface area contributed by atoms with Gasteiger partial charge < -0.3 is 10.4 Å². The van der Waals surface area contributed by atoms with Crippen molar-refractivity contribution >= 4 is 17.3 Å². The number of nitro groups is 1. The largest absolute Gasteiger partial charge is 0.506 e. The first-order chi connectivity index (χ1) is 9.88. The standard InChI is InChI=1S/C14H13N3O4/c1-8-3-5-11(9(2)15-8)14(19)16-12-6-4-10(17(20)21)7-13(12)18/h3-7,18H,1-2H3,(H,16,19). The maximum Gasteiger partial charge on any atom is 0.273 e. The van der Waals surface area contributed by atoms with Crippen LogP contribution < -0.4 is 5.32 Å². The Hall–Kier alpha value is -2.96. The van der Waals surface area contributed by atoms with E-state index in [2.05, 4.69) is 10.3 Å². The third kappa shape index (κ3) is 3.14. The average molecular weight is 287 g/mol. The molecule has 1 heterocycles. The summed E-state index contributed by atoms with van der Waals surface area (Å²) >= 11 is 0. The van der Waals surface area contributed by atoms with E-state index in [-0.39, 0.29) is 17.1 Å². The number of nitro benzene ring substituents is 1. The molecule has 0 saturated carbocycles. The topological polar surface area (TPSA) is 105 Å². The molecule has 0 spiro atoms. The fourth-order valence-electron chi connectivity index (χ4n) is 1.86. The van der Waals surface area contributed by atoms with E-state index in [1.807, 2.05) is 6.92 Å². The summed E-state index contributed by atoms with van der Waals surface area (Å²) < 4.78 is 0. The number of hydrogen-bond acceptors (Lipinski definition) is 5. The van der Waals surface area contributed by atoms with Crippen molar-refractivity contribution in [1.82, 2.24) is 4.98 Å². The lowest BCUT2D eigenvalue weighted by atomic mass is 10.1. The van der Waals surface area contributed by atoms with Gasteiger partial charge in [-0.05, 0) is 32.0 Å². The van der Waals surface area contributed by atoms with Gasteiger partial charge in [-0.1, -0.05) is 0 Å². The minimum absolute atomic E-state index is 0.102. The maximum absolute atomic E-state index is 12.1. The smallest absolute Gasteiger partial charge is 0.273 e. The molecule has 1 amide bonds. The summed E-state index contributed by atoms with van der Waals surface area (Å²) in [5.41, 5.74) is 1.58. The fourth-order valence-corrected chi connectivity index (χ4v) is 1.86. The number of non-ortho nitro benzene ring substituents is 1. The van der Waals surface area contributed by atoms with Gasteiger partial charge in [0.05, 0.1) is 27.9 Å². The summed E-state index contributed by atoms with van der Waals surface area (Å²) in [4.78, 5) is 26.3. The lowest BCUT2D eigenvalue weighted by Crippen LogP contribution is -2.14.